The molecule has 0 saturated heterocycles. The van der Waals surface area contributed by atoms with E-state index in [4.69, 9.17) is 4.74 Å². The van der Waals surface area contributed by atoms with Crippen molar-refractivity contribution in [3.63, 3.8) is 0 Å². The predicted molar refractivity (Wildman–Crippen MR) is 87.1 cm³/mol. The van der Waals surface area contributed by atoms with Gasteiger partial charge in [-0.2, -0.15) is 0 Å². The third kappa shape index (κ3) is 3.32. The zero-order valence-corrected chi connectivity index (χ0v) is 13.1. The molecule has 0 fully saturated rings. The Bertz CT molecular complexity index is 677. The summed E-state index contributed by atoms with van der Waals surface area (Å²) in [5.74, 6) is -0.415. The average molecular weight is 309 g/mol. The summed E-state index contributed by atoms with van der Waals surface area (Å²) in [5, 5.41) is 0. The standard InChI is InChI=1S/C19H19NO3/c1-14(23-13-15-7-3-2-4-8-15)11-12-20-18(21)16-9-5-6-10-17(16)19(20)22/h2-10,14H,11-13H2,1H3. The Hall–Kier alpha value is -2.46. The van der Waals surface area contributed by atoms with E-state index < -0.39 is 0 Å². The summed E-state index contributed by atoms with van der Waals surface area (Å²) in [4.78, 5) is 25.8. The highest BCUT2D eigenvalue weighted by Gasteiger charge is 2.34. The minimum Gasteiger partial charge on any atom is -0.374 e. The third-order valence-electron chi connectivity index (χ3n) is 4.01. The number of hydrogen-bond donors (Lipinski definition) is 0. The van der Waals surface area contributed by atoms with Crippen LogP contribution in [0.4, 0.5) is 0 Å². The lowest BCUT2D eigenvalue weighted by molar-refractivity contribution is 0.0378. The summed E-state index contributed by atoms with van der Waals surface area (Å²) >= 11 is 0. The molecule has 4 heteroatoms. The molecule has 3 rings (SSSR count). The molecule has 0 radical (unpaired) electrons. The largest absolute Gasteiger partial charge is 0.374 e. The van der Waals surface area contributed by atoms with E-state index in [0.29, 0.717) is 30.7 Å². The van der Waals surface area contributed by atoms with Crippen LogP contribution in [0.1, 0.15) is 39.6 Å². The number of benzene rings is 2. The summed E-state index contributed by atoms with van der Waals surface area (Å²) in [6.45, 7) is 2.87. The fraction of sp³-hybridized carbons (Fsp3) is 0.263. The topological polar surface area (TPSA) is 46.6 Å². The minimum atomic E-state index is -0.208. The van der Waals surface area contributed by atoms with Crippen LogP contribution in [0.5, 0.6) is 0 Å². The lowest BCUT2D eigenvalue weighted by Gasteiger charge is -2.18. The van der Waals surface area contributed by atoms with Crippen LogP contribution in [0, 0.1) is 0 Å². The Kier molecular flexibility index (Phi) is 4.53. The molecule has 1 atom stereocenters. The van der Waals surface area contributed by atoms with E-state index in [0.717, 1.165) is 5.56 Å². The van der Waals surface area contributed by atoms with Crippen LogP contribution < -0.4 is 0 Å². The Morgan fingerprint density at radius 1 is 0.913 bits per heavy atom. The van der Waals surface area contributed by atoms with Gasteiger partial charge in [0.25, 0.3) is 11.8 Å². The second-order valence-electron chi connectivity index (χ2n) is 5.70. The zero-order chi connectivity index (χ0) is 16.2. The van der Waals surface area contributed by atoms with Crippen LogP contribution in [0.3, 0.4) is 0 Å². The Morgan fingerprint density at radius 3 is 2.09 bits per heavy atom. The Labute approximate surface area is 135 Å². The average Bonchev–Trinajstić information content (AvgIpc) is 2.83. The van der Waals surface area contributed by atoms with E-state index >= 15 is 0 Å². The summed E-state index contributed by atoms with van der Waals surface area (Å²) in [6.07, 6.45) is 0.595. The Morgan fingerprint density at radius 2 is 1.48 bits per heavy atom. The number of carbonyl (C=O) groups is 2. The molecule has 2 aromatic carbocycles. The van der Waals surface area contributed by atoms with Gasteiger partial charge in [-0.3, -0.25) is 14.5 Å². The maximum absolute atomic E-state index is 12.3. The first-order chi connectivity index (χ1) is 11.2. The van der Waals surface area contributed by atoms with Crippen molar-refractivity contribution < 1.29 is 14.3 Å². The van der Waals surface area contributed by atoms with Gasteiger partial charge in [0, 0.05) is 6.54 Å². The van der Waals surface area contributed by atoms with Crippen LogP contribution in [-0.4, -0.2) is 29.4 Å². The molecule has 23 heavy (non-hydrogen) atoms. The van der Waals surface area contributed by atoms with Gasteiger partial charge < -0.3 is 4.74 Å². The molecule has 0 N–H and O–H groups in total. The van der Waals surface area contributed by atoms with Gasteiger partial charge in [0.15, 0.2) is 0 Å². The molecule has 118 valence electrons. The van der Waals surface area contributed by atoms with E-state index in [1.165, 1.54) is 4.90 Å². The van der Waals surface area contributed by atoms with Crippen LogP contribution in [0.2, 0.25) is 0 Å². The van der Waals surface area contributed by atoms with Crippen molar-refractivity contribution in [3.8, 4) is 0 Å². The maximum Gasteiger partial charge on any atom is 0.261 e. The fourth-order valence-electron chi connectivity index (χ4n) is 2.65. The summed E-state index contributed by atoms with van der Waals surface area (Å²) in [6, 6.07) is 16.9. The van der Waals surface area contributed by atoms with Crippen molar-refractivity contribution >= 4 is 11.8 Å². The number of hydrogen-bond acceptors (Lipinski definition) is 3. The SMILES string of the molecule is CC(CCN1C(=O)c2ccccc2C1=O)OCc1ccccc1. The zero-order valence-electron chi connectivity index (χ0n) is 13.1. The van der Waals surface area contributed by atoms with Crippen molar-refractivity contribution in [2.24, 2.45) is 0 Å². The second-order valence-corrected chi connectivity index (χ2v) is 5.70. The van der Waals surface area contributed by atoms with Crippen LogP contribution in [0.15, 0.2) is 54.6 Å². The second kappa shape index (κ2) is 6.75. The molecule has 2 aromatic rings. The van der Waals surface area contributed by atoms with E-state index in [1.54, 1.807) is 24.3 Å². The number of ether oxygens (including phenoxy) is 1. The summed E-state index contributed by atoms with van der Waals surface area (Å²) < 4.78 is 5.79. The smallest absolute Gasteiger partial charge is 0.261 e. The molecule has 1 aliphatic rings. The van der Waals surface area contributed by atoms with Gasteiger partial charge in [0.1, 0.15) is 0 Å². The molecule has 1 heterocycles. The van der Waals surface area contributed by atoms with Gasteiger partial charge in [-0.15, -0.1) is 0 Å². The van der Waals surface area contributed by atoms with Gasteiger partial charge in [0.05, 0.1) is 23.8 Å². The highest BCUT2D eigenvalue weighted by Crippen LogP contribution is 2.22. The van der Waals surface area contributed by atoms with Crippen molar-refractivity contribution in [2.75, 3.05) is 6.54 Å². The predicted octanol–water partition coefficient (Wildman–Crippen LogP) is 3.28. The number of fused-ring (bicyclic) bond motifs is 1. The van der Waals surface area contributed by atoms with Crippen LogP contribution in [-0.2, 0) is 11.3 Å². The fourth-order valence-corrected chi connectivity index (χ4v) is 2.65. The molecule has 1 unspecified atom stereocenters. The number of imide groups is 1. The third-order valence-corrected chi connectivity index (χ3v) is 4.01. The van der Waals surface area contributed by atoms with Crippen molar-refractivity contribution in [3.05, 3.63) is 71.3 Å². The molecule has 0 aromatic heterocycles. The van der Waals surface area contributed by atoms with Crippen LogP contribution >= 0.6 is 0 Å². The molecule has 4 nitrogen and oxygen atoms in total. The van der Waals surface area contributed by atoms with E-state index in [9.17, 15) is 9.59 Å². The molecular formula is C19H19NO3. The molecule has 2 amide bonds. The van der Waals surface area contributed by atoms with E-state index in [-0.39, 0.29) is 17.9 Å². The molecule has 0 saturated carbocycles. The van der Waals surface area contributed by atoms with E-state index in [2.05, 4.69) is 0 Å². The number of amides is 2. The van der Waals surface area contributed by atoms with Crippen LogP contribution in [0.25, 0.3) is 0 Å². The maximum atomic E-state index is 12.3. The first kappa shape index (κ1) is 15.4. The van der Waals surface area contributed by atoms with Gasteiger partial charge in [-0.1, -0.05) is 42.5 Å². The van der Waals surface area contributed by atoms with Crippen molar-refractivity contribution in [1.29, 1.82) is 0 Å². The van der Waals surface area contributed by atoms with Gasteiger partial charge in [-0.25, -0.2) is 0 Å². The van der Waals surface area contributed by atoms with Gasteiger partial charge in [0.2, 0.25) is 0 Å². The van der Waals surface area contributed by atoms with Crippen molar-refractivity contribution in [1.82, 2.24) is 4.90 Å². The minimum absolute atomic E-state index is 0.0282. The van der Waals surface area contributed by atoms with Gasteiger partial charge in [-0.05, 0) is 31.0 Å². The summed E-state index contributed by atoms with van der Waals surface area (Å²) in [5.41, 5.74) is 2.10. The lowest BCUT2D eigenvalue weighted by Crippen LogP contribution is -2.32. The van der Waals surface area contributed by atoms with Gasteiger partial charge >= 0.3 is 0 Å². The number of nitrogens with zero attached hydrogens (tertiary/aromatic N) is 1. The molecule has 0 aliphatic carbocycles. The highest BCUT2D eigenvalue weighted by molar-refractivity contribution is 6.21. The van der Waals surface area contributed by atoms with Crippen molar-refractivity contribution in [2.45, 2.75) is 26.1 Å². The summed E-state index contributed by atoms with van der Waals surface area (Å²) in [7, 11) is 0. The lowest BCUT2D eigenvalue weighted by atomic mass is 10.1. The molecule has 0 bridgehead atoms. The Balaban J connectivity index is 1.53. The monoisotopic (exact) mass is 309 g/mol. The molecule has 0 spiro atoms. The normalized spacial score (nSPS) is 14.9. The first-order valence-corrected chi connectivity index (χ1v) is 7.77. The molecule has 1 aliphatic heterocycles. The number of carbonyl (C=O) groups excluding carboxylic acids is 2. The highest BCUT2D eigenvalue weighted by atomic mass is 16.5. The first-order valence-electron chi connectivity index (χ1n) is 7.77. The van der Waals surface area contributed by atoms with E-state index in [1.807, 2.05) is 37.3 Å². The quantitative estimate of drug-likeness (QED) is 0.769. The number of rotatable bonds is 6. The molecular weight excluding hydrogens is 290 g/mol.